The Morgan fingerprint density at radius 2 is 1.88 bits per heavy atom. The number of aryl methyl sites for hydroxylation is 2. The van der Waals surface area contributed by atoms with Crippen LogP contribution in [0, 0.1) is 29.8 Å². The molecule has 6 nitrogen and oxygen atoms in total. The number of rotatable bonds is 4. The van der Waals surface area contributed by atoms with E-state index >= 15 is 0 Å². The highest BCUT2D eigenvalue weighted by atomic mass is 19.1. The first kappa shape index (κ1) is 17.8. The molecule has 0 radical (unpaired) electrons. The number of hydrogen-bond acceptors (Lipinski definition) is 4. The van der Waals surface area contributed by atoms with Crippen molar-refractivity contribution in [3.63, 3.8) is 0 Å². The summed E-state index contributed by atoms with van der Waals surface area (Å²) in [5, 5.41) is 10.8. The molecular formula is C19H19FN2O4. The lowest BCUT2D eigenvalue weighted by molar-refractivity contribution is -0.387. The number of halogens is 1. The molecule has 0 aromatic heterocycles. The quantitative estimate of drug-likeness (QED) is 0.618. The summed E-state index contributed by atoms with van der Waals surface area (Å²) in [5.74, 6) is -1.23. The number of likely N-dealkylation sites (tertiary alicyclic amines) is 1. The van der Waals surface area contributed by atoms with Crippen LogP contribution in [-0.2, 0) is 0 Å². The summed E-state index contributed by atoms with van der Waals surface area (Å²) in [6.45, 7) is 4.59. The Hall–Kier alpha value is -2.96. The van der Waals surface area contributed by atoms with Gasteiger partial charge in [-0.3, -0.25) is 14.9 Å². The normalized spacial score (nSPS) is 16.6. The minimum Gasteiger partial charge on any atom is -0.485 e. The third kappa shape index (κ3) is 3.37. The smallest absolute Gasteiger partial charge is 0.308 e. The van der Waals surface area contributed by atoms with Crippen LogP contribution in [0.2, 0.25) is 0 Å². The lowest BCUT2D eigenvalue weighted by atomic mass is 10.0. The Kier molecular flexibility index (Phi) is 4.88. The number of benzene rings is 2. The van der Waals surface area contributed by atoms with Gasteiger partial charge in [0.25, 0.3) is 5.91 Å². The molecule has 1 saturated heterocycles. The molecular weight excluding hydrogens is 339 g/mol. The van der Waals surface area contributed by atoms with E-state index < -0.39 is 22.5 Å². The second-order valence-corrected chi connectivity index (χ2v) is 6.39. The van der Waals surface area contributed by atoms with E-state index in [-0.39, 0.29) is 11.7 Å². The molecule has 0 unspecified atom stereocenters. The number of amides is 1. The molecule has 0 spiro atoms. The number of nitro benzene ring substituents is 1. The number of carbonyl (C=O) groups excluding carboxylic acids is 1. The van der Waals surface area contributed by atoms with Crippen molar-refractivity contribution in [1.29, 1.82) is 0 Å². The van der Waals surface area contributed by atoms with Crippen molar-refractivity contribution in [2.75, 3.05) is 13.1 Å². The summed E-state index contributed by atoms with van der Waals surface area (Å²) >= 11 is 0. The average molecular weight is 358 g/mol. The monoisotopic (exact) mass is 358 g/mol. The Bertz CT molecular complexity index is 848. The molecule has 1 amide bonds. The van der Waals surface area contributed by atoms with E-state index in [1.165, 1.54) is 12.1 Å². The van der Waals surface area contributed by atoms with Crippen LogP contribution in [0.25, 0.3) is 0 Å². The maximum atomic E-state index is 14.2. The van der Waals surface area contributed by atoms with Gasteiger partial charge in [-0.1, -0.05) is 24.3 Å². The van der Waals surface area contributed by atoms with E-state index in [0.717, 1.165) is 17.2 Å². The molecule has 1 heterocycles. The van der Waals surface area contributed by atoms with Crippen molar-refractivity contribution < 1.29 is 18.8 Å². The van der Waals surface area contributed by atoms with Crippen LogP contribution < -0.4 is 4.74 Å². The minimum absolute atomic E-state index is 0.0776. The molecule has 3 rings (SSSR count). The van der Waals surface area contributed by atoms with Crippen molar-refractivity contribution >= 4 is 11.6 Å². The molecule has 0 bridgehead atoms. The fraction of sp³-hybridized carbons (Fsp3) is 0.316. The fourth-order valence-electron chi connectivity index (χ4n) is 3.23. The van der Waals surface area contributed by atoms with Gasteiger partial charge in [-0.15, -0.1) is 0 Å². The molecule has 1 aliphatic rings. The van der Waals surface area contributed by atoms with Crippen molar-refractivity contribution in [3.8, 4) is 5.75 Å². The van der Waals surface area contributed by atoms with E-state index in [1.807, 2.05) is 32.0 Å². The van der Waals surface area contributed by atoms with Gasteiger partial charge < -0.3 is 9.64 Å². The largest absolute Gasteiger partial charge is 0.485 e. The van der Waals surface area contributed by atoms with Crippen LogP contribution in [0.4, 0.5) is 10.1 Å². The van der Waals surface area contributed by atoms with Gasteiger partial charge in [0, 0.05) is 24.6 Å². The first-order chi connectivity index (χ1) is 12.4. The van der Waals surface area contributed by atoms with Gasteiger partial charge in [-0.05, 0) is 31.0 Å². The third-order valence-electron chi connectivity index (χ3n) is 4.56. The molecule has 1 fully saturated rings. The first-order valence-electron chi connectivity index (χ1n) is 8.33. The van der Waals surface area contributed by atoms with Gasteiger partial charge in [0.05, 0.1) is 11.5 Å². The molecule has 2 aromatic carbocycles. The average Bonchev–Trinajstić information content (AvgIpc) is 3.05. The lowest BCUT2D eigenvalue weighted by Crippen LogP contribution is -2.32. The molecule has 2 aromatic rings. The number of ether oxygens (including phenoxy) is 1. The van der Waals surface area contributed by atoms with Crippen LogP contribution in [0.1, 0.15) is 27.9 Å². The van der Waals surface area contributed by atoms with E-state index in [9.17, 15) is 19.3 Å². The summed E-state index contributed by atoms with van der Waals surface area (Å²) in [4.78, 5) is 24.5. The van der Waals surface area contributed by atoms with E-state index in [4.69, 9.17) is 4.74 Å². The lowest BCUT2D eigenvalue weighted by Gasteiger charge is -2.19. The van der Waals surface area contributed by atoms with Crippen LogP contribution in [0.5, 0.6) is 5.75 Å². The van der Waals surface area contributed by atoms with Gasteiger partial charge >= 0.3 is 5.69 Å². The Morgan fingerprint density at radius 3 is 2.54 bits per heavy atom. The highest BCUT2D eigenvalue weighted by molar-refractivity contribution is 5.97. The zero-order valence-corrected chi connectivity index (χ0v) is 14.6. The van der Waals surface area contributed by atoms with Crippen molar-refractivity contribution in [3.05, 3.63) is 69.0 Å². The Morgan fingerprint density at radius 1 is 1.23 bits per heavy atom. The van der Waals surface area contributed by atoms with Gasteiger partial charge in [-0.2, -0.15) is 4.39 Å². The second kappa shape index (κ2) is 7.11. The molecule has 136 valence electrons. The van der Waals surface area contributed by atoms with Crippen LogP contribution in [0.3, 0.4) is 0 Å². The zero-order valence-electron chi connectivity index (χ0n) is 14.6. The third-order valence-corrected chi connectivity index (χ3v) is 4.56. The standard InChI is InChI=1S/C19H19FN2O4/c1-12-5-3-6-13(2)17(12)19(23)21-10-9-14(11-21)26-16-8-4-7-15(18(16)20)22(24)25/h3-8,14H,9-11H2,1-2H3/t14-/m0/s1. The van der Waals surface area contributed by atoms with E-state index in [0.29, 0.717) is 25.1 Å². The second-order valence-electron chi connectivity index (χ2n) is 6.39. The molecule has 0 saturated carbocycles. The van der Waals surface area contributed by atoms with E-state index in [1.54, 1.807) is 4.90 Å². The summed E-state index contributed by atoms with van der Waals surface area (Å²) < 4.78 is 19.8. The van der Waals surface area contributed by atoms with Crippen LogP contribution in [-0.4, -0.2) is 34.9 Å². The minimum atomic E-state index is -0.989. The number of carbonyl (C=O) groups is 1. The predicted octanol–water partition coefficient (Wildman–Crippen LogP) is 3.64. The van der Waals surface area contributed by atoms with Gasteiger partial charge in [0.15, 0.2) is 5.75 Å². The maximum absolute atomic E-state index is 14.2. The van der Waals surface area contributed by atoms with Crippen molar-refractivity contribution in [2.45, 2.75) is 26.4 Å². The van der Waals surface area contributed by atoms with Gasteiger partial charge in [-0.25, -0.2) is 0 Å². The predicted molar refractivity (Wildman–Crippen MR) is 93.9 cm³/mol. The van der Waals surface area contributed by atoms with Crippen molar-refractivity contribution in [2.24, 2.45) is 0 Å². The Labute approximate surface area is 150 Å². The van der Waals surface area contributed by atoms with Crippen LogP contribution >= 0.6 is 0 Å². The highest BCUT2D eigenvalue weighted by Gasteiger charge is 2.31. The summed E-state index contributed by atoms with van der Waals surface area (Å²) in [6, 6.07) is 9.52. The number of nitrogens with zero attached hydrogens (tertiary/aromatic N) is 2. The summed E-state index contributed by atoms with van der Waals surface area (Å²) in [5.41, 5.74) is 1.87. The highest BCUT2D eigenvalue weighted by Crippen LogP contribution is 2.29. The van der Waals surface area contributed by atoms with Crippen molar-refractivity contribution in [1.82, 2.24) is 4.90 Å². The zero-order chi connectivity index (χ0) is 18.8. The van der Waals surface area contributed by atoms with Crippen LogP contribution in [0.15, 0.2) is 36.4 Å². The van der Waals surface area contributed by atoms with E-state index in [2.05, 4.69) is 0 Å². The molecule has 1 atom stereocenters. The molecule has 0 aliphatic carbocycles. The number of hydrogen-bond donors (Lipinski definition) is 0. The Balaban J connectivity index is 1.73. The summed E-state index contributed by atoms with van der Waals surface area (Å²) in [7, 11) is 0. The molecule has 1 aliphatic heterocycles. The molecule has 7 heteroatoms. The molecule has 0 N–H and O–H groups in total. The topological polar surface area (TPSA) is 72.7 Å². The number of nitro groups is 1. The fourth-order valence-corrected chi connectivity index (χ4v) is 3.23. The van der Waals surface area contributed by atoms with Gasteiger partial charge in [0.2, 0.25) is 5.82 Å². The maximum Gasteiger partial charge on any atom is 0.308 e. The molecule has 26 heavy (non-hydrogen) atoms. The van der Waals surface area contributed by atoms with Gasteiger partial charge in [0.1, 0.15) is 6.10 Å². The summed E-state index contributed by atoms with van der Waals surface area (Å²) in [6.07, 6.45) is 0.137. The SMILES string of the molecule is Cc1cccc(C)c1C(=O)N1CC[C@H](Oc2cccc([N+](=O)[O-])c2F)C1. The first-order valence-corrected chi connectivity index (χ1v) is 8.33.